The van der Waals surface area contributed by atoms with Crippen molar-refractivity contribution >= 4 is 35.8 Å². The highest BCUT2D eigenvalue weighted by Crippen LogP contribution is 2.12. The molecule has 0 aliphatic carbocycles. The molecule has 0 heterocycles. The van der Waals surface area contributed by atoms with Crippen LogP contribution in [0.2, 0.25) is 0 Å². The van der Waals surface area contributed by atoms with E-state index < -0.39 is 5.91 Å². The Hall–Kier alpha value is -2.12. The molecule has 4 N–H and O–H groups in total. The summed E-state index contributed by atoms with van der Waals surface area (Å²) in [6.45, 7) is 3.87. The molecule has 0 saturated carbocycles. The van der Waals surface area contributed by atoms with Gasteiger partial charge in [0.1, 0.15) is 0 Å². The molecule has 7 nitrogen and oxygen atoms in total. The lowest BCUT2D eigenvalue weighted by molar-refractivity contribution is -0.135. The van der Waals surface area contributed by atoms with Crippen LogP contribution in [0.15, 0.2) is 24.3 Å². The van der Waals surface area contributed by atoms with E-state index in [4.69, 9.17) is 5.73 Å². The van der Waals surface area contributed by atoms with E-state index in [0.717, 1.165) is 11.3 Å². The first-order valence-electron chi connectivity index (χ1n) is 7.58. The SMILES string of the molecule is CCCN(CC(=O)Nc1ccccc1C)C(=O)CNC(=O)CN.Cl. The van der Waals surface area contributed by atoms with E-state index in [9.17, 15) is 14.4 Å². The number of aryl methyl sites for hydroxylation is 1. The van der Waals surface area contributed by atoms with Crippen molar-refractivity contribution in [3.8, 4) is 0 Å². The highest BCUT2D eigenvalue weighted by atomic mass is 35.5. The maximum Gasteiger partial charge on any atom is 0.244 e. The topological polar surface area (TPSA) is 105 Å². The van der Waals surface area contributed by atoms with Gasteiger partial charge in [0.25, 0.3) is 0 Å². The first kappa shape index (κ1) is 21.9. The van der Waals surface area contributed by atoms with Gasteiger partial charge in [0.2, 0.25) is 17.7 Å². The minimum Gasteiger partial charge on any atom is -0.346 e. The van der Waals surface area contributed by atoms with Gasteiger partial charge in [-0.3, -0.25) is 14.4 Å². The van der Waals surface area contributed by atoms with Gasteiger partial charge in [0.05, 0.1) is 19.6 Å². The maximum atomic E-state index is 12.1. The van der Waals surface area contributed by atoms with Crippen LogP contribution in [0.5, 0.6) is 0 Å². The highest BCUT2D eigenvalue weighted by molar-refractivity contribution is 5.95. The van der Waals surface area contributed by atoms with E-state index in [1.807, 2.05) is 32.0 Å². The van der Waals surface area contributed by atoms with Crippen molar-refractivity contribution in [1.82, 2.24) is 10.2 Å². The molecule has 1 aromatic rings. The Morgan fingerprint density at radius 2 is 1.83 bits per heavy atom. The molecule has 1 aromatic carbocycles. The van der Waals surface area contributed by atoms with E-state index in [2.05, 4.69) is 10.6 Å². The molecule has 0 fully saturated rings. The van der Waals surface area contributed by atoms with Crippen molar-refractivity contribution in [2.75, 3.05) is 31.5 Å². The fraction of sp³-hybridized carbons (Fsp3) is 0.438. The van der Waals surface area contributed by atoms with E-state index in [1.54, 1.807) is 6.07 Å². The third-order valence-electron chi connectivity index (χ3n) is 3.22. The predicted octanol–water partition coefficient (Wildman–Crippen LogP) is 0.669. The summed E-state index contributed by atoms with van der Waals surface area (Å²) in [4.78, 5) is 36.8. The summed E-state index contributed by atoms with van der Waals surface area (Å²) >= 11 is 0. The first-order valence-corrected chi connectivity index (χ1v) is 7.58. The number of anilines is 1. The number of carbonyl (C=O) groups excluding carboxylic acids is 3. The van der Waals surface area contributed by atoms with Gasteiger partial charge in [0, 0.05) is 12.2 Å². The van der Waals surface area contributed by atoms with Crippen LogP contribution in [-0.4, -0.2) is 48.8 Å². The lowest BCUT2D eigenvalue weighted by atomic mass is 10.2. The van der Waals surface area contributed by atoms with E-state index in [-0.39, 0.29) is 43.9 Å². The van der Waals surface area contributed by atoms with Gasteiger partial charge in [-0.05, 0) is 25.0 Å². The fourth-order valence-electron chi connectivity index (χ4n) is 2.00. The second-order valence-corrected chi connectivity index (χ2v) is 5.16. The summed E-state index contributed by atoms with van der Waals surface area (Å²) in [5.74, 6) is -0.987. The molecule has 0 radical (unpaired) electrons. The molecule has 134 valence electrons. The molecule has 1 rings (SSSR count). The van der Waals surface area contributed by atoms with Crippen LogP contribution in [0.25, 0.3) is 0 Å². The van der Waals surface area contributed by atoms with Gasteiger partial charge in [-0.2, -0.15) is 0 Å². The molecule has 0 bridgehead atoms. The number of nitrogens with one attached hydrogen (secondary N) is 2. The molecule has 0 spiro atoms. The average Bonchev–Trinajstić information content (AvgIpc) is 2.54. The van der Waals surface area contributed by atoms with Crippen LogP contribution in [0.1, 0.15) is 18.9 Å². The van der Waals surface area contributed by atoms with Crippen molar-refractivity contribution in [2.24, 2.45) is 5.73 Å². The number of nitrogens with zero attached hydrogens (tertiary/aromatic N) is 1. The Bertz CT molecular complexity index is 566. The number of amides is 3. The summed E-state index contributed by atoms with van der Waals surface area (Å²) in [5, 5.41) is 5.21. The summed E-state index contributed by atoms with van der Waals surface area (Å²) in [6, 6.07) is 7.42. The average molecular weight is 357 g/mol. The normalized spacial score (nSPS) is 9.62. The van der Waals surface area contributed by atoms with Gasteiger partial charge in [-0.15, -0.1) is 12.4 Å². The van der Waals surface area contributed by atoms with E-state index in [1.165, 1.54) is 4.90 Å². The van der Waals surface area contributed by atoms with Crippen molar-refractivity contribution in [3.05, 3.63) is 29.8 Å². The van der Waals surface area contributed by atoms with Gasteiger partial charge >= 0.3 is 0 Å². The number of halogens is 1. The van der Waals surface area contributed by atoms with Crippen LogP contribution in [0.4, 0.5) is 5.69 Å². The molecule has 24 heavy (non-hydrogen) atoms. The Kier molecular flexibility index (Phi) is 10.4. The molecular weight excluding hydrogens is 332 g/mol. The van der Waals surface area contributed by atoms with Crippen LogP contribution in [0, 0.1) is 6.92 Å². The highest BCUT2D eigenvalue weighted by Gasteiger charge is 2.17. The molecule has 0 aromatic heterocycles. The summed E-state index contributed by atoms with van der Waals surface area (Å²) in [5.41, 5.74) is 6.84. The van der Waals surface area contributed by atoms with Crippen molar-refractivity contribution in [2.45, 2.75) is 20.3 Å². The number of nitrogens with two attached hydrogens (primary N) is 1. The number of hydrogen-bond donors (Lipinski definition) is 3. The maximum absolute atomic E-state index is 12.1. The van der Waals surface area contributed by atoms with Crippen LogP contribution >= 0.6 is 12.4 Å². The summed E-state index contributed by atoms with van der Waals surface area (Å²) in [6.07, 6.45) is 0.716. The van der Waals surface area contributed by atoms with Crippen LogP contribution in [-0.2, 0) is 14.4 Å². The number of hydrogen-bond acceptors (Lipinski definition) is 4. The molecule has 0 saturated heterocycles. The zero-order valence-electron chi connectivity index (χ0n) is 14.0. The molecule has 3 amide bonds. The molecule has 0 atom stereocenters. The summed E-state index contributed by atoms with van der Waals surface area (Å²) < 4.78 is 0. The first-order chi connectivity index (χ1) is 11.0. The quantitative estimate of drug-likeness (QED) is 0.636. The number of benzene rings is 1. The van der Waals surface area contributed by atoms with E-state index in [0.29, 0.717) is 13.0 Å². The standard InChI is InChI=1S/C16H24N4O3.ClH/c1-3-8-20(16(23)10-18-14(21)9-17)11-15(22)19-13-7-5-4-6-12(13)2;/h4-7H,3,8-11,17H2,1-2H3,(H,18,21)(H,19,22);1H. The summed E-state index contributed by atoms with van der Waals surface area (Å²) in [7, 11) is 0. The lowest BCUT2D eigenvalue weighted by Crippen LogP contribution is -2.45. The second kappa shape index (κ2) is 11.4. The second-order valence-electron chi connectivity index (χ2n) is 5.16. The Morgan fingerprint density at radius 3 is 2.42 bits per heavy atom. The van der Waals surface area contributed by atoms with Crippen molar-refractivity contribution in [3.63, 3.8) is 0 Å². The third-order valence-corrected chi connectivity index (χ3v) is 3.22. The largest absolute Gasteiger partial charge is 0.346 e. The minimum atomic E-state index is -0.404. The van der Waals surface area contributed by atoms with Crippen LogP contribution < -0.4 is 16.4 Å². The van der Waals surface area contributed by atoms with Gasteiger partial charge < -0.3 is 21.3 Å². The number of rotatable bonds is 8. The molecule has 8 heteroatoms. The molecular formula is C16H25ClN4O3. The third kappa shape index (κ3) is 7.43. The monoisotopic (exact) mass is 356 g/mol. The molecule has 0 aliphatic rings. The van der Waals surface area contributed by atoms with E-state index >= 15 is 0 Å². The smallest absolute Gasteiger partial charge is 0.244 e. The lowest BCUT2D eigenvalue weighted by Gasteiger charge is -2.22. The Labute approximate surface area is 148 Å². The molecule has 0 aliphatic heterocycles. The Balaban J connectivity index is 0.00000529. The van der Waals surface area contributed by atoms with Crippen molar-refractivity contribution < 1.29 is 14.4 Å². The zero-order chi connectivity index (χ0) is 17.2. The number of carbonyl (C=O) groups is 3. The van der Waals surface area contributed by atoms with Crippen LogP contribution in [0.3, 0.4) is 0 Å². The predicted molar refractivity (Wildman–Crippen MR) is 96.0 cm³/mol. The Morgan fingerprint density at radius 1 is 1.17 bits per heavy atom. The van der Waals surface area contributed by atoms with Gasteiger partial charge in [0.15, 0.2) is 0 Å². The minimum absolute atomic E-state index is 0. The van der Waals surface area contributed by atoms with Gasteiger partial charge in [-0.1, -0.05) is 25.1 Å². The van der Waals surface area contributed by atoms with Crippen molar-refractivity contribution in [1.29, 1.82) is 0 Å². The number of para-hydroxylation sites is 1. The molecule has 0 unspecified atom stereocenters. The fourth-order valence-corrected chi connectivity index (χ4v) is 2.00. The van der Waals surface area contributed by atoms with Gasteiger partial charge in [-0.25, -0.2) is 0 Å². The zero-order valence-corrected chi connectivity index (χ0v) is 14.8.